The second kappa shape index (κ2) is 9.55. The van der Waals surface area contributed by atoms with E-state index in [0.717, 1.165) is 5.56 Å². The molecule has 1 aliphatic rings. The number of aliphatic carboxylic acids is 1. The molecule has 156 valence electrons. The van der Waals surface area contributed by atoms with Crippen LogP contribution in [0.15, 0.2) is 47.6 Å². The van der Waals surface area contributed by atoms with Crippen molar-refractivity contribution in [3.05, 3.63) is 53.6 Å². The van der Waals surface area contributed by atoms with Crippen LogP contribution in [-0.4, -0.2) is 35.4 Å². The van der Waals surface area contributed by atoms with Gasteiger partial charge in [-0.15, -0.1) is 0 Å². The summed E-state index contributed by atoms with van der Waals surface area (Å²) in [7, 11) is 0. The molecule has 3 rings (SSSR count). The zero-order valence-electron chi connectivity index (χ0n) is 16.3. The zero-order valence-corrected chi connectivity index (χ0v) is 16.3. The van der Waals surface area contributed by atoms with Crippen LogP contribution in [-0.2, 0) is 9.59 Å². The molecule has 30 heavy (non-hydrogen) atoms. The lowest BCUT2D eigenvalue weighted by Gasteiger charge is -2.07. The molecular formula is C21H21N3O6. The molecule has 9 nitrogen and oxygen atoms in total. The van der Waals surface area contributed by atoms with Crippen molar-refractivity contribution < 1.29 is 29.0 Å². The quantitative estimate of drug-likeness (QED) is 0.453. The minimum Gasteiger partial charge on any atom is -0.481 e. The number of carbonyl (C=O) groups excluding carboxylic acids is 2. The molecule has 2 amide bonds. The Kier molecular flexibility index (Phi) is 6.63. The molecule has 0 aliphatic carbocycles. The average Bonchev–Trinajstić information content (AvgIpc) is 3.20. The summed E-state index contributed by atoms with van der Waals surface area (Å²) in [6, 6.07) is 11.8. The van der Waals surface area contributed by atoms with E-state index < -0.39 is 5.97 Å². The summed E-state index contributed by atoms with van der Waals surface area (Å²) >= 11 is 0. The van der Waals surface area contributed by atoms with E-state index in [-0.39, 0.29) is 37.9 Å². The Morgan fingerprint density at radius 2 is 1.70 bits per heavy atom. The fourth-order valence-electron chi connectivity index (χ4n) is 2.72. The molecule has 9 heteroatoms. The maximum absolute atomic E-state index is 12.3. The second-order valence-corrected chi connectivity index (χ2v) is 6.58. The Labute approximate surface area is 172 Å². The largest absolute Gasteiger partial charge is 0.481 e. The van der Waals surface area contributed by atoms with Crippen molar-refractivity contribution in [1.29, 1.82) is 0 Å². The number of ether oxygens (including phenoxy) is 2. The number of amides is 2. The summed E-state index contributed by atoms with van der Waals surface area (Å²) in [5.74, 6) is -0.431. The van der Waals surface area contributed by atoms with Gasteiger partial charge in [0, 0.05) is 24.1 Å². The number of rotatable bonds is 8. The van der Waals surface area contributed by atoms with Crippen molar-refractivity contribution in [2.45, 2.75) is 26.2 Å². The van der Waals surface area contributed by atoms with Gasteiger partial charge in [-0.3, -0.25) is 14.4 Å². The molecule has 1 heterocycles. The molecule has 0 unspecified atom stereocenters. The van der Waals surface area contributed by atoms with E-state index in [1.807, 2.05) is 0 Å². The Bertz CT molecular complexity index is 985. The summed E-state index contributed by atoms with van der Waals surface area (Å²) in [5.41, 5.74) is 4.85. The van der Waals surface area contributed by atoms with E-state index in [2.05, 4.69) is 15.8 Å². The van der Waals surface area contributed by atoms with Gasteiger partial charge in [-0.1, -0.05) is 12.1 Å². The normalized spacial score (nSPS) is 12.4. The first-order valence-corrected chi connectivity index (χ1v) is 9.29. The van der Waals surface area contributed by atoms with E-state index in [1.54, 1.807) is 49.4 Å². The van der Waals surface area contributed by atoms with Gasteiger partial charge in [0.2, 0.25) is 12.7 Å². The van der Waals surface area contributed by atoms with Gasteiger partial charge in [0.25, 0.3) is 5.91 Å². The molecule has 0 fully saturated rings. The fourth-order valence-corrected chi connectivity index (χ4v) is 2.72. The van der Waals surface area contributed by atoms with Crippen molar-refractivity contribution in [3.8, 4) is 11.5 Å². The first-order valence-electron chi connectivity index (χ1n) is 9.29. The van der Waals surface area contributed by atoms with Crippen molar-refractivity contribution in [2.75, 3.05) is 12.1 Å². The molecule has 3 N–H and O–H groups in total. The van der Waals surface area contributed by atoms with Gasteiger partial charge in [0.05, 0.1) is 5.71 Å². The first kappa shape index (κ1) is 20.8. The van der Waals surface area contributed by atoms with Gasteiger partial charge in [-0.2, -0.15) is 5.10 Å². The lowest BCUT2D eigenvalue weighted by Crippen LogP contribution is -2.19. The molecule has 0 aromatic heterocycles. The zero-order chi connectivity index (χ0) is 21.5. The number of nitrogens with one attached hydrogen (secondary N) is 2. The summed E-state index contributed by atoms with van der Waals surface area (Å²) < 4.78 is 10.5. The number of nitrogens with zero attached hydrogens (tertiary/aromatic N) is 1. The number of anilines is 1. The van der Waals surface area contributed by atoms with Gasteiger partial charge in [-0.05, 0) is 49.2 Å². The van der Waals surface area contributed by atoms with Crippen LogP contribution in [0.25, 0.3) is 0 Å². The number of carboxylic acid groups (broad SMARTS) is 1. The van der Waals surface area contributed by atoms with Crippen LogP contribution in [0.1, 0.15) is 42.1 Å². The smallest absolute Gasteiger partial charge is 0.303 e. The molecule has 2 aromatic rings. The third-order valence-corrected chi connectivity index (χ3v) is 4.34. The number of fused-ring (bicyclic) bond motifs is 1. The summed E-state index contributed by atoms with van der Waals surface area (Å²) in [5, 5.41) is 15.4. The summed E-state index contributed by atoms with van der Waals surface area (Å²) in [6.07, 6.45) is 0.383. The SMILES string of the molecule is C/C(=N/NC(=O)c1ccc2c(c1)OCO2)c1ccc(NC(=O)CCCC(=O)O)cc1. The van der Waals surface area contributed by atoms with Crippen molar-refractivity contribution in [1.82, 2.24) is 5.43 Å². The Morgan fingerprint density at radius 1 is 1.00 bits per heavy atom. The molecule has 1 aliphatic heterocycles. The van der Waals surface area contributed by atoms with Gasteiger partial charge in [0.1, 0.15) is 0 Å². The second-order valence-electron chi connectivity index (χ2n) is 6.58. The maximum atomic E-state index is 12.3. The van der Waals surface area contributed by atoms with E-state index in [0.29, 0.717) is 28.5 Å². The first-order chi connectivity index (χ1) is 14.4. The molecule has 0 spiro atoms. The van der Waals surface area contributed by atoms with Gasteiger partial charge >= 0.3 is 5.97 Å². The molecule has 0 atom stereocenters. The minimum absolute atomic E-state index is 0.0417. The topological polar surface area (TPSA) is 126 Å². The highest BCUT2D eigenvalue weighted by molar-refractivity contribution is 6.01. The van der Waals surface area contributed by atoms with Gasteiger partial charge in [-0.25, -0.2) is 5.43 Å². The van der Waals surface area contributed by atoms with Crippen LogP contribution in [0, 0.1) is 0 Å². The van der Waals surface area contributed by atoms with Crippen LogP contribution in [0.5, 0.6) is 11.5 Å². The van der Waals surface area contributed by atoms with E-state index in [1.165, 1.54) is 0 Å². The standard InChI is InChI=1S/C21H21N3O6/c1-13(23-24-21(28)15-7-10-17-18(11-15)30-12-29-17)14-5-8-16(9-6-14)22-19(25)3-2-4-20(26)27/h5-11H,2-4,12H2,1H3,(H,22,25)(H,24,28)(H,26,27)/b23-13-. The summed E-state index contributed by atoms with van der Waals surface area (Å²) in [4.78, 5) is 34.6. The lowest BCUT2D eigenvalue weighted by molar-refractivity contribution is -0.137. The van der Waals surface area contributed by atoms with E-state index in [4.69, 9.17) is 14.6 Å². The van der Waals surface area contributed by atoms with Crippen molar-refractivity contribution in [3.63, 3.8) is 0 Å². The van der Waals surface area contributed by atoms with E-state index >= 15 is 0 Å². The number of hydrazone groups is 1. The Morgan fingerprint density at radius 3 is 2.43 bits per heavy atom. The Balaban J connectivity index is 1.54. The van der Waals surface area contributed by atoms with Gasteiger partial charge < -0.3 is 19.9 Å². The average molecular weight is 411 g/mol. The lowest BCUT2D eigenvalue weighted by atomic mass is 10.1. The monoisotopic (exact) mass is 411 g/mol. The predicted octanol–water partition coefficient (Wildman–Crippen LogP) is 2.76. The summed E-state index contributed by atoms with van der Waals surface area (Å²) in [6.45, 7) is 1.88. The number of hydrogen-bond acceptors (Lipinski definition) is 6. The minimum atomic E-state index is -0.924. The van der Waals surface area contributed by atoms with Crippen LogP contribution < -0.4 is 20.2 Å². The highest BCUT2D eigenvalue weighted by Crippen LogP contribution is 2.32. The Hall–Kier alpha value is -3.88. The third-order valence-electron chi connectivity index (χ3n) is 4.34. The molecule has 0 saturated heterocycles. The number of carboxylic acids is 1. The molecule has 0 bridgehead atoms. The van der Waals surface area contributed by atoms with Crippen molar-refractivity contribution in [2.24, 2.45) is 5.10 Å². The number of benzene rings is 2. The molecule has 0 radical (unpaired) electrons. The van der Waals surface area contributed by atoms with Crippen LogP contribution in [0.4, 0.5) is 5.69 Å². The third kappa shape index (κ3) is 5.57. The fraction of sp³-hybridized carbons (Fsp3) is 0.238. The number of hydrogen-bond donors (Lipinski definition) is 3. The van der Waals surface area contributed by atoms with Crippen LogP contribution >= 0.6 is 0 Å². The highest BCUT2D eigenvalue weighted by Gasteiger charge is 2.16. The molecular weight excluding hydrogens is 390 g/mol. The molecule has 2 aromatic carbocycles. The van der Waals surface area contributed by atoms with Crippen molar-refractivity contribution >= 4 is 29.2 Å². The van der Waals surface area contributed by atoms with E-state index in [9.17, 15) is 14.4 Å². The maximum Gasteiger partial charge on any atom is 0.303 e. The predicted molar refractivity (Wildman–Crippen MR) is 109 cm³/mol. The number of carbonyl (C=O) groups is 3. The molecule has 0 saturated carbocycles. The van der Waals surface area contributed by atoms with Crippen LogP contribution in [0.2, 0.25) is 0 Å². The highest BCUT2D eigenvalue weighted by atomic mass is 16.7. The van der Waals surface area contributed by atoms with Crippen LogP contribution in [0.3, 0.4) is 0 Å². The van der Waals surface area contributed by atoms with Gasteiger partial charge in [0.15, 0.2) is 11.5 Å².